The van der Waals surface area contributed by atoms with E-state index in [1.165, 1.54) is 12.1 Å². The van der Waals surface area contributed by atoms with Gasteiger partial charge in [0.05, 0.1) is 4.90 Å². The average molecular weight is 316 g/mol. The van der Waals surface area contributed by atoms with Crippen LogP contribution in [0.4, 0.5) is 0 Å². The predicted octanol–water partition coefficient (Wildman–Crippen LogP) is 3.68. The predicted molar refractivity (Wildman–Crippen MR) is 82.6 cm³/mol. The summed E-state index contributed by atoms with van der Waals surface area (Å²) in [6.45, 7) is 12.0. The van der Waals surface area contributed by atoms with E-state index >= 15 is 0 Å². The summed E-state index contributed by atoms with van der Waals surface area (Å²) in [5, 5.41) is 0.0178. The second-order valence-electron chi connectivity index (χ2n) is 6.41. The molecule has 0 radical (unpaired) electrons. The minimum absolute atomic E-state index is 0.0178. The zero-order chi connectivity index (χ0) is 15.6. The van der Waals surface area contributed by atoms with Gasteiger partial charge >= 0.3 is 0 Å². The van der Waals surface area contributed by atoms with Crippen LogP contribution in [0.2, 0.25) is 18.1 Å². The molecule has 1 aromatic carbocycles. The van der Waals surface area contributed by atoms with Crippen LogP contribution in [0.25, 0.3) is 0 Å². The maximum absolute atomic E-state index is 12.0. The van der Waals surface area contributed by atoms with Crippen molar-refractivity contribution in [3.63, 3.8) is 0 Å². The molecular weight excluding hydrogens is 292 g/mol. The molecule has 0 aliphatic carbocycles. The lowest BCUT2D eigenvalue weighted by Crippen LogP contribution is -2.41. The highest BCUT2D eigenvalue weighted by atomic mass is 32.2. The molecule has 0 saturated heterocycles. The summed E-state index contributed by atoms with van der Waals surface area (Å²) in [6, 6.07) is 6.56. The number of rotatable bonds is 5. The van der Waals surface area contributed by atoms with Crippen molar-refractivity contribution in [2.45, 2.75) is 50.7 Å². The van der Waals surface area contributed by atoms with E-state index in [-0.39, 0.29) is 16.7 Å². The van der Waals surface area contributed by atoms with Gasteiger partial charge in [-0.1, -0.05) is 38.5 Å². The number of hydrogen-bond donors (Lipinski definition) is 0. The van der Waals surface area contributed by atoms with E-state index < -0.39 is 18.4 Å². The largest absolute Gasteiger partial charge is 0.394 e. The fraction of sp³-hybridized carbons (Fsp3) is 0.571. The molecule has 0 aliphatic heterocycles. The molecule has 20 heavy (non-hydrogen) atoms. The Hall–Kier alpha value is -0.693. The van der Waals surface area contributed by atoms with Crippen molar-refractivity contribution in [3.8, 4) is 0 Å². The van der Waals surface area contributed by atoms with Gasteiger partial charge in [-0.3, -0.25) is 0 Å². The number of benzene rings is 1. The molecule has 1 rings (SSSR count). The fourth-order valence-corrected chi connectivity index (χ4v) is 2.88. The fourth-order valence-electron chi connectivity index (χ4n) is 1.22. The summed E-state index contributed by atoms with van der Waals surface area (Å²) in [5.74, 6) is 0. The Morgan fingerprint density at radius 2 is 1.60 bits per heavy atom. The Morgan fingerprint density at radius 3 is 2.05 bits per heavy atom. The third kappa shape index (κ3) is 4.41. The average Bonchev–Trinajstić information content (AvgIpc) is 2.27. The molecule has 4 nitrogen and oxygen atoms in total. The number of aryl methyl sites for hydroxylation is 1. The summed E-state index contributed by atoms with van der Waals surface area (Å²) in [5.41, 5.74) is 1.00. The molecule has 0 spiro atoms. The van der Waals surface area contributed by atoms with Crippen LogP contribution in [0.1, 0.15) is 26.3 Å². The molecule has 0 aliphatic rings. The smallest absolute Gasteiger partial charge is 0.299 e. The number of hydrogen-bond acceptors (Lipinski definition) is 4. The van der Waals surface area contributed by atoms with Crippen molar-refractivity contribution in [2.75, 3.05) is 6.79 Å². The zero-order valence-corrected chi connectivity index (χ0v) is 14.9. The van der Waals surface area contributed by atoms with Crippen molar-refractivity contribution >= 4 is 18.4 Å². The van der Waals surface area contributed by atoms with Crippen LogP contribution in [0.15, 0.2) is 29.2 Å². The lowest BCUT2D eigenvalue weighted by atomic mass is 10.2. The normalized spacial score (nSPS) is 13.5. The molecule has 0 fully saturated rings. The van der Waals surface area contributed by atoms with Crippen molar-refractivity contribution in [1.29, 1.82) is 0 Å². The van der Waals surface area contributed by atoms with Crippen molar-refractivity contribution in [1.82, 2.24) is 0 Å². The molecule has 0 amide bonds. The Labute approximate surface area is 123 Å². The maximum Gasteiger partial charge on any atom is 0.299 e. The van der Waals surface area contributed by atoms with E-state index in [0.29, 0.717) is 0 Å². The van der Waals surface area contributed by atoms with Crippen LogP contribution in [-0.2, 0) is 18.7 Å². The first-order valence-electron chi connectivity index (χ1n) is 6.56. The highest BCUT2D eigenvalue weighted by molar-refractivity contribution is 7.86. The molecule has 0 N–H and O–H groups in total. The second-order valence-corrected chi connectivity index (χ2v) is 12.8. The van der Waals surface area contributed by atoms with Crippen molar-refractivity contribution in [2.24, 2.45) is 0 Å². The van der Waals surface area contributed by atoms with Gasteiger partial charge in [0, 0.05) is 0 Å². The molecule has 6 heteroatoms. The van der Waals surface area contributed by atoms with Gasteiger partial charge in [0.25, 0.3) is 10.1 Å². The Bertz CT molecular complexity index is 542. The van der Waals surface area contributed by atoms with Gasteiger partial charge < -0.3 is 4.43 Å². The summed E-state index contributed by atoms with van der Waals surface area (Å²) in [6.07, 6.45) is 0. The van der Waals surface area contributed by atoms with Gasteiger partial charge in [0.2, 0.25) is 0 Å². The molecule has 1 aromatic rings. The van der Waals surface area contributed by atoms with Crippen LogP contribution >= 0.6 is 0 Å². The standard InChI is InChI=1S/C14H24O4SSi/c1-12-7-9-13(10-8-12)19(15,16)17-11-18-20(5,6)14(2,3)4/h7-10H,11H2,1-6H3. The molecule has 0 aromatic heterocycles. The highest BCUT2D eigenvalue weighted by Gasteiger charge is 2.37. The third-order valence-corrected chi connectivity index (χ3v) is 9.45. The van der Waals surface area contributed by atoms with E-state index in [1.807, 2.05) is 6.92 Å². The van der Waals surface area contributed by atoms with Gasteiger partial charge in [-0.25, -0.2) is 4.18 Å². The molecular formula is C14H24O4SSi. The zero-order valence-electron chi connectivity index (χ0n) is 13.1. The first-order chi connectivity index (χ1) is 8.96. The third-order valence-electron chi connectivity index (χ3n) is 3.74. The molecule has 0 bridgehead atoms. The SMILES string of the molecule is Cc1ccc(S(=O)(=O)OCO[Si](C)(C)C(C)(C)C)cc1. The van der Waals surface area contributed by atoms with Crippen molar-refractivity contribution < 1.29 is 17.0 Å². The quantitative estimate of drug-likeness (QED) is 0.472. The first-order valence-corrected chi connectivity index (χ1v) is 10.9. The Kier molecular flexibility index (Phi) is 5.18. The minimum Gasteiger partial charge on any atom is -0.394 e. The van der Waals surface area contributed by atoms with Crippen LogP contribution in [-0.4, -0.2) is 23.5 Å². The topological polar surface area (TPSA) is 52.6 Å². The van der Waals surface area contributed by atoms with E-state index in [2.05, 4.69) is 33.9 Å². The van der Waals surface area contributed by atoms with E-state index in [0.717, 1.165) is 5.56 Å². The Balaban J connectivity index is 2.68. The molecule has 0 saturated carbocycles. The van der Waals surface area contributed by atoms with E-state index in [4.69, 9.17) is 8.61 Å². The second kappa shape index (κ2) is 5.97. The Morgan fingerprint density at radius 1 is 1.10 bits per heavy atom. The van der Waals surface area contributed by atoms with Crippen LogP contribution in [0, 0.1) is 6.92 Å². The first kappa shape index (κ1) is 17.4. The molecule has 0 unspecified atom stereocenters. The summed E-state index contributed by atoms with van der Waals surface area (Å²) >= 11 is 0. The molecule has 0 atom stereocenters. The van der Waals surface area contributed by atoms with Gasteiger partial charge in [-0.15, -0.1) is 0 Å². The van der Waals surface area contributed by atoms with Gasteiger partial charge in [-0.05, 0) is 37.2 Å². The summed E-state index contributed by atoms with van der Waals surface area (Å²) in [4.78, 5) is 0.155. The highest BCUT2D eigenvalue weighted by Crippen LogP contribution is 2.36. The van der Waals surface area contributed by atoms with Crippen LogP contribution in [0.3, 0.4) is 0 Å². The lowest BCUT2D eigenvalue weighted by Gasteiger charge is -2.35. The van der Waals surface area contributed by atoms with Crippen LogP contribution in [0.5, 0.6) is 0 Å². The summed E-state index contributed by atoms with van der Waals surface area (Å²) < 4.78 is 34.7. The molecule has 114 valence electrons. The summed E-state index contributed by atoms with van der Waals surface area (Å²) in [7, 11) is -5.75. The van der Waals surface area contributed by atoms with E-state index in [1.54, 1.807) is 12.1 Å². The van der Waals surface area contributed by atoms with Gasteiger partial charge in [0.1, 0.15) is 0 Å². The molecule has 0 heterocycles. The lowest BCUT2D eigenvalue weighted by molar-refractivity contribution is 0.112. The van der Waals surface area contributed by atoms with Crippen LogP contribution < -0.4 is 0 Å². The van der Waals surface area contributed by atoms with E-state index in [9.17, 15) is 8.42 Å². The maximum atomic E-state index is 12.0. The minimum atomic E-state index is -3.75. The van der Waals surface area contributed by atoms with Crippen molar-refractivity contribution in [3.05, 3.63) is 29.8 Å². The van der Waals surface area contributed by atoms with Gasteiger partial charge in [-0.2, -0.15) is 8.42 Å². The van der Waals surface area contributed by atoms with Gasteiger partial charge in [0.15, 0.2) is 15.1 Å². The monoisotopic (exact) mass is 316 g/mol.